The monoisotopic (exact) mass is 672 g/mol. The van der Waals surface area contributed by atoms with Crippen LogP contribution in [0, 0.1) is 52.4 Å². The van der Waals surface area contributed by atoms with Gasteiger partial charge in [-0.1, -0.05) is 0 Å². The summed E-state index contributed by atoms with van der Waals surface area (Å²) in [5.74, 6) is -21.0. The third kappa shape index (κ3) is 7.04. The number of benzene rings is 3. The van der Waals surface area contributed by atoms with Crippen LogP contribution in [0.15, 0.2) is 36.4 Å². The quantitative estimate of drug-likeness (QED) is 0.146. The third-order valence-electron chi connectivity index (χ3n) is 5.45. The van der Waals surface area contributed by atoms with Gasteiger partial charge in [0.2, 0.25) is 0 Å². The Morgan fingerprint density at radius 1 is 0.378 bits per heavy atom. The molecule has 0 aromatic heterocycles. The Morgan fingerprint density at radius 2 is 0.600 bits per heavy atom. The van der Waals surface area contributed by atoms with E-state index in [2.05, 4.69) is 27.7 Å². The van der Waals surface area contributed by atoms with Crippen molar-refractivity contribution in [2.24, 2.45) is 0 Å². The summed E-state index contributed by atoms with van der Waals surface area (Å²) in [6, 6.07) is -0.341. The standard InChI is InChI=1S/C21H6B3F15O6/c25-10-4-1-7(13(28)16(10)31)19(34,35)40-22-43-23(41-20(36,37)8-2-5-11(26)17(32)14(8)29)45-24(44-22)42-21(38,39)9-3-6-12(27)18(33)15(9)30/h1-6H. The third-order valence-corrected chi connectivity index (χ3v) is 5.45. The molecule has 0 saturated carbocycles. The molecule has 1 fully saturated rings. The minimum absolute atomic E-state index is 0.0254. The van der Waals surface area contributed by atoms with E-state index in [0.29, 0.717) is 0 Å². The van der Waals surface area contributed by atoms with Crippen LogP contribution in [0.5, 0.6) is 0 Å². The van der Waals surface area contributed by atoms with Crippen LogP contribution in [0.25, 0.3) is 0 Å². The van der Waals surface area contributed by atoms with E-state index < -0.39 is 109 Å². The Labute approximate surface area is 240 Å². The lowest BCUT2D eigenvalue weighted by atomic mass is 9.95. The number of rotatable bonds is 9. The van der Waals surface area contributed by atoms with Crippen molar-refractivity contribution in [1.29, 1.82) is 0 Å². The van der Waals surface area contributed by atoms with Crippen LogP contribution in [0.4, 0.5) is 65.9 Å². The molecular formula is C21H6B3F15O6. The molecule has 3 aromatic rings. The van der Waals surface area contributed by atoms with E-state index in [9.17, 15) is 65.9 Å². The minimum Gasteiger partial charge on any atom is -0.400 e. The maximum absolute atomic E-state index is 14.7. The smallest absolute Gasteiger partial charge is 0.400 e. The molecule has 0 bridgehead atoms. The van der Waals surface area contributed by atoms with Crippen LogP contribution < -0.4 is 0 Å². The van der Waals surface area contributed by atoms with Crippen molar-refractivity contribution in [3.05, 3.63) is 105 Å². The molecule has 1 aliphatic heterocycles. The SMILES string of the molecule is Fc1ccc(C(F)(F)OB2OB(OC(F)(F)c3ccc(F)c(F)c3F)OB(OC(F)(F)c3ccc(F)c(F)c3F)O2)c(F)c1F. The first-order valence-electron chi connectivity index (χ1n) is 11.3. The molecule has 0 N–H and O–H groups in total. The molecule has 0 unspecified atom stereocenters. The first-order valence-corrected chi connectivity index (χ1v) is 11.3. The normalized spacial score (nSPS) is 14.9. The van der Waals surface area contributed by atoms with Gasteiger partial charge in [0.05, 0.1) is 16.7 Å². The summed E-state index contributed by atoms with van der Waals surface area (Å²) in [5.41, 5.74) is -6.34. The van der Waals surface area contributed by atoms with Gasteiger partial charge in [-0.15, -0.1) is 0 Å². The highest BCUT2D eigenvalue weighted by molar-refractivity contribution is 6.67. The molecule has 1 saturated heterocycles. The lowest BCUT2D eigenvalue weighted by molar-refractivity contribution is -0.232. The summed E-state index contributed by atoms with van der Waals surface area (Å²) in [7, 11) is -10.1. The lowest BCUT2D eigenvalue weighted by Crippen LogP contribution is -2.56. The summed E-state index contributed by atoms with van der Waals surface area (Å²) in [4.78, 5) is 0. The van der Waals surface area contributed by atoms with Crippen molar-refractivity contribution in [3.63, 3.8) is 0 Å². The topological polar surface area (TPSA) is 55.4 Å². The number of alkyl halides is 6. The van der Waals surface area contributed by atoms with Crippen LogP contribution in [-0.4, -0.2) is 22.0 Å². The Morgan fingerprint density at radius 3 is 0.822 bits per heavy atom. The van der Waals surface area contributed by atoms with E-state index >= 15 is 0 Å². The van der Waals surface area contributed by atoms with Crippen LogP contribution in [0.2, 0.25) is 0 Å². The Balaban J connectivity index is 1.66. The Kier molecular flexibility index (Phi) is 9.49. The molecule has 24 heteroatoms. The average molecular weight is 672 g/mol. The largest absolute Gasteiger partial charge is 0.619 e. The highest BCUT2D eigenvalue weighted by Gasteiger charge is 2.57. The molecule has 0 atom stereocenters. The molecule has 1 aliphatic rings. The zero-order valence-corrected chi connectivity index (χ0v) is 20.8. The van der Waals surface area contributed by atoms with E-state index in [-0.39, 0.29) is 36.4 Å². The first-order chi connectivity index (χ1) is 20.7. The highest BCUT2D eigenvalue weighted by atomic mass is 19.3. The van der Waals surface area contributed by atoms with Crippen molar-refractivity contribution in [1.82, 2.24) is 0 Å². The summed E-state index contributed by atoms with van der Waals surface area (Å²) >= 11 is 0. The van der Waals surface area contributed by atoms with Gasteiger partial charge in [0.25, 0.3) is 0 Å². The Bertz CT molecular complexity index is 1410. The van der Waals surface area contributed by atoms with Gasteiger partial charge in [-0.3, -0.25) is 0 Å². The van der Waals surface area contributed by atoms with Gasteiger partial charge >= 0.3 is 40.3 Å². The van der Waals surface area contributed by atoms with Gasteiger partial charge in [-0.05, 0) is 36.4 Å². The van der Waals surface area contributed by atoms with E-state index in [1.807, 2.05) is 0 Å². The van der Waals surface area contributed by atoms with Crippen LogP contribution in [0.1, 0.15) is 16.7 Å². The summed E-state index contributed by atoms with van der Waals surface area (Å²) in [6.45, 7) is 0. The molecule has 1 heterocycles. The van der Waals surface area contributed by atoms with Crippen LogP contribution >= 0.6 is 0 Å². The van der Waals surface area contributed by atoms with Gasteiger partial charge in [-0.2, -0.15) is 26.3 Å². The maximum Gasteiger partial charge on any atom is 0.619 e. The fourth-order valence-electron chi connectivity index (χ4n) is 3.34. The molecular weight excluding hydrogens is 666 g/mol. The molecule has 3 aromatic carbocycles. The molecule has 6 nitrogen and oxygen atoms in total. The van der Waals surface area contributed by atoms with Crippen molar-refractivity contribution < 1.29 is 93.5 Å². The first kappa shape index (κ1) is 34.4. The second-order valence-corrected chi connectivity index (χ2v) is 8.35. The van der Waals surface area contributed by atoms with Gasteiger partial charge in [0, 0.05) is 0 Å². The highest BCUT2D eigenvalue weighted by Crippen LogP contribution is 2.39. The molecule has 0 radical (unpaired) electrons. The van der Waals surface area contributed by atoms with Crippen molar-refractivity contribution in [2.45, 2.75) is 18.3 Å². The van der Waals surface area contributed by atoms with Crippen molar-refractivity contribution in [3.8, 4) is 0 Å². The number of hydrogen-bond acceptors (Lipinski definition) is 6. The fourth-order valence-corrected chi connectivity index (χ4v) is 3.34. The van der Waals surface area contributed by atoms with Crippen LogP contribution in [-0.2, 0) is 46.0 Å². The maximum atomic E-state index is 14.7. The van der Waals surface area contributed by atoms with E-state index in [1.54, 1.807) is 0 Å². The van der Waals surface area contributed by atoms with Crippen molar-refractivity contribution in [2.75, 3.05) is 0 Å². The van der Waals surface area contributed by atoms with Crippen LogP contribution in [0.3, 0.4) is 0 Å². The number of hydrogen-bond donors (Lipinski definition) is 0. The van der Waals surface area contributed by atoms with E-state index in [4.69, 9.17) is 0 Å². The zero-order chi connectivity index (χ0) is 33.6. The lowest BCUT2D eigenvalue weighted by Gasteiger charge is -2.33. The van der Waals surface area contributed by atoms with E-state index in [0.717, 1.165) is 0 Å². The zero-order valence-electron chi connectivity index (χ0n) is 20.8. The van der Waals surface area contributed by atoms with E-state index in [1.165, 1.54) is 0 Å². The minimum atomic E-state index is -5.21. The fraction of sp³-hybridized carbons (Fsp3) is 0.143. The molecule has 45 heavy (non-hydrogen) atoms. The van der Waals surface area contributed by atoms with Gasteiger partial charge in [0.15, 0.2) is 52.4 Å². The summed E-state index contributed by atoms with van der Waals surface area (Å²) < 4.78 is 234. The van der Waals surface area contributed by atoms with Crippen molar-refractivity contribution >= 4 is 22.0 Å². The summed E-state index contributed by atoms with van der Waals surface area (Å²) in [6.07, 6.45) is -15.6. The molecule has 0 amide bonds. The molecule has 240 valence electrons. The summed E-state index contributed by atoms with van der Waals surface area (Å²) in [5, 5.41) is 0. The van der Waals surface area contributed by atoms with Gasteiger partial charge in [0.1, 0.15) is 0 Å². The second-order valence-electron chi connectivity index (χ2n) is 8.35. The molecule has 0 spiro atoms. The van der Waals surface area contributed by atoms with Gasteiger partial charge < -0.3 is 27.7 Å². The number of halogens is 15. The Hall–Kier alpha value is -3.44. The average Bonchev–Trinajstić information content (AvgIpc) is 2.92. The predicted octanol–water partition coefficient (Wildman–Crippen LogP) is 6.55. The van der Waals surface area contributed by atoms with Gasteiger partial charge in [-0.25, -0.2) is 39.5 Å². The molecule has 4 rings (SSSR count). The molecule has 0 aliphatic carbocycles. The predicted molar refractivity (Wildman–Crippen MR) is 114 cm³/mol. The second kappa shape index (κ2) is 12.4.